The lowest BCUT2D eigenvalue weighted by Gasteiger charge is -2.33. The maximum Gasteiger partial charge on any atom is 0.250 e. The van der Waals surface area contributed by atoms with Crippen molar-refractivity contribution in [2.45, 2.75) is 30.3 Å². The van der Waals surface area contributed by atoms with Gasteiger partial charge in [0.1, 0.15) is 4.21 Å². The van der Waals surface area contributed by atoms with Crippen LogP contribution in [-0.2, 0) is 32.6 Å². The Morgan fingerprint density at radius 2 is 2.04 bits per heavy atom. The van der Waals surface area contributed by atoms with E-state index in [9.17, 15) is 13.2 Å². The van der Waals surface area contributed by atoms with Crippen LogP contribution in [0.25, 0.3) is 0 Å². The summed E-state index contributed by atoms with van der Waals surface area (Å²) in [5.41, 5.74) is 1.23. The van der Waals surface area contributed by atoms with E-state index in [1.807, 2.05) is 18.2 Å². The highest BCUT2D eigenvalue weighted by atomic mass is 32.2. The molecule has 1 aliphatic heterocycles. The zero-order chi connectivity index (χ0) is 20.0. The molecule has 2 N–H and O–H groups in total. The van der Waals surface area contributed by atoms with Crippen LogP contribution in [0.1, 0.15) is 17.4 Å². The van der Waals surface area contributed by atoms with Crippen molar-refractivity contribution in [2.75, 3.05) is 26.2 Å². The van der Waals surface area contributed by atoms with Crippen LogP contribution in [-0.4, -0.2) is 51.6 Å². The Bertz CT molecular complexity index is 884. The van der Waals surface area contributed by atoms with E-state index in [1.54, 1.807) is 12.1 Å². The molecule has 2 aromatic rings. The molecule has 2 heterocycles. The minimum Gasteiger partial charge on any atom is -0.374 e. The van der Waals surface area contributed by atoms with Crippen LogP contribution in [0.5, 0.6) is 0 Å². The Kier molecular flexibility index (Phi) is 7.19. The van der Waals surface area contributed by atoms with Crippen molar-refractivity contribution in [1.29, 1.82) is 0 Å². The topological polar surface area (TPSA) is 87.7 Å². The van der Waals surface area contributed by atoms with Crippen molar-refractivity contribution in [2.24, 2.45) is 0 Å². The number of sulfonamides is 1. The van der Waals surface area contributed by atoms with Gasteiger partial charge in [0.2, 0.25) is 15.9 Å². The molecule has 1 aromatic heterocycles. The monoisotopic (exact) mass is 423 g/mol. The van der Waals surface area contributed by atoms with Crippen molar-refractivity contribution in [1.82, 2.24) is 14.9 Å². The Labute approximate surface area is 169 Å². The van der Waals surface area contributed by atoms with E-state index in [1.165, 1.54) is 12.5 Å². The van der Waals surface area contributed by atoms with Gasteiger partial charge in [-0.15, -0.1) is 11.3 Å². The molecule has 28 heavy (non-hydrogen) atoms. The number of thiophene rings is 1. The largest absolute Gasteiger partial charge is 0.374 e. The zero-order valence-electron chi connectivity index (χ0n) is 15.8. The van der Waals surface area contributed by atoms with E-state index in [0.29, 0.717) is 19.7 Å². The molecule has 1 unspecified atom stereocenters. The van der Waals surface area contributed by atoms with E-state index < -0.39 is 10.0 Å². The molecule has 0 spiro atoms. The van der Waals surface area contributed by atoms with Crippen LogP contribution in [0.4, 0.5) is 0 Å². The Hall–Kier alpha value is -1.78. The minimum absolute atomic E-state index is 0.148. The molecule has 0 radical (unpaired) electrons. The third-order valence-corrected chi connectivity index (χ3v) is 7.39. The predicted molar refractivity (Wildman–Crippen MR) is 108 cm³/mol. The zero-order valence-corrected chi connectivity index (χ0v) is 17.4. The molecule has 1 amide bonds. The number of ether oxygens (including phenoxy) is 1. The van der Waals surface area contributed by atoms with Crippen LogP contribution in [0.15, 0.2) is 46.7 Å². The average Bonchev–Trinajstić information content (AvgIpc) is 3.16. The number of carbonyl (C=O) groups is 1. The molecule has 7 nitrogen and oxygen atoms in total. The fraction of sp³-hybridized carbons (Fsp3) is 0.421. The summed E-state index contributed by atoms with van der Waals surface area (Å²) in [4.78, 5) is 14.0. The van der Waals surface area contributed by atoms with Gasteiger partial charge in [-0.25, -0.2) is 13.1 Å². The molecule has 1 aromatic carbocycles. The first-order valence-corrected chi connectivity index (χ1v) is 11.4. The first-order valence-electron chi connectivity index (χ1n) is 9.13. The predicted octanol–water partition coefficient (Wildman–Crippen LogP) is 1.56. The first kappa shape index (κ1) is 20.9. The van der Waals surface area contributed by atoms with Crippen molar-refractivity contribution >= 4 is 27.3 Å². The SMILES string of the molecule is CC(=O)NCc1ccc(S(=O)(=O)NCC2CN(Cc3ccccc3)CCO2)s1. The van der Waals surface area contributed by atoms with Gasteiger partial charge in [0.15, 0.2) is 0 Å². The van der Waals surface area contributed by atoms with E-state index in [4.69, 9.17) is 4.74 Å². The molecular formula is C19H25N3O4S2. The second kappa shape index (κ2) is 9.62. The van der Waals surface area contributed by atoms with Gasteiger partial charge in [0.05, 0.1) is 19.3 Å². The fourth-order valence-electron chi connectivity index (χ4n) is 2.97. The van der Waals surface area contributed by atoms with Crippen LogP contribution < -0.4 is 10.0 Å². The molecule has 152 valence electrons. The van der Waals surface area contributed by atoms with Gasteiger partial charge in [-0.2, -0.15) is 0 Å². The summed E-state index contributed by atoms with van der Waals surface area (Å²) >= 11 is 1.15. The van der Waals surface area contributed by atoms with Gasteiger partial charge in [-0.05, 0) is 17.7 Å². The highest BCUT2D eigenvalue weighted by Gasteiger charge is 2.24. The van der Waals surface area contributed by atoms with Crippen LogP contribution >= 0.6 is 11.3 Å². The number of nitrogens with zero attached hydrogens (tertiary/aromatic N) is 1. The quantitative estimate of drug-likeness (QED) is 0.673. The number of morpholine rings is 1. The third-order valence-electron chi connectivity index (χ3n) is 4.39. The Morgan fingerprint density at radius 1 is 1.25 bits per heavy atom. The van der Waals surface area contributed by atoms with Crippen molar-refractivity contribution in [3.05, 3.63) is 52.9 Å². The molecule has 0 saturated carbocycles. The number of carbonyl (C=O) groups excluding carboxylic acids is 1. The van der Waals surface area contributed by atoms with Gasteiger partial charge in [0.25, 0.3) is 0 Å². The van der Waals surface area contributed by atoms with E-state index in [0.717, 1.165) is 29.3 Å². The molecule has 9 heteroatoms. The summed E-state index contributed by atoms with van der Waals surface area (Å²) in [7, 11) is -3.60. The number of amides is 1. The fourth-order valence-corrected chi connectivity index (χ4v) is 5.38. The second-order valence-electron chi connectivity index (χ2n) is 6.70. The number of rotatable bonds is 8. The second-order valence-corrected chi connectivity index (χ2v) is 9.86. The number of benzene rings is 1. The van der Waals surface area contributed by atoms with Crippen molar-refractivity contribution in [3.63, 3.8) is 0 Å². The van der Waals surface area contributed by atoms with Crippen LogP contribution in [0, 0.1) is 0 Å². The third kappa shape index (κ3) is 6.11. The summed E-state index contributed by atoms with van der Waals surface area (Å²) in [6.45, 7) is 4.90. The van der Waals surface area contributed by atoms with Gasteiger partial charge in [-0.1, -0.05) is 30.3 Å². The van der Waals surface area contributed by atoms with E-state index >= 15 is 0 Å². The van der Waals surface area contributed by atoms with Gasteiger partial charge in [-0.3, -0.25) is 9.69 Å². The summed E-state index contributed by atoms with van der Waals surface area (Å²) in [6.07, 6.45) is -0.189. The molecule has 0 aliphatic carbocycles. The van der Waals surface area contributed by atoms with E-state index in [2.05, 4.69) is 27.1 Å². The Balaban J connectivity index is 1.51. The number of nitrogens with one attached hydrogen (secondary N) is 2. The molecule has 1 aliphatic rings. The molecule has 1 fully saturated rings. The smallest absolute Gasteiger partial charge is 0.250 e. The molecular weight excluding hydrogens is 398 g/mol. The lowest BCUT2D eigenvalue weighted by molar-refractivity contribution is -0.119. The molecule has 3 rings (SSSR count). The standard InChI is InChI=1S/C19H25N3O4S2/c1-15(23)20-12-18-7-8-19(27-18)28(24,25)21-11-17-14-22(9-10-26-17)13-16-5-3-2-4-6-16/h2-8,17,21H,9-14H2,1H3,(H,20,23). The van der Waals surface area contributed by atoms with Crippen LogP contribution in [0.3, 0.4) is 0 Å². The van der Waals surface area contributed by atoms with Crippen molar-refractivity contribution < 1.29 is 17.9 Å². The molecule has 0 bridgehead atoms. The Morgan fingerprint density at radius 3 is 2.79 bits per heavy atom. The van der Waals surface area contributed by atoms with Crippen molar-refractivity contribution in [3.8, 4) is 0 Å². The maximum atomic E-state index is 12.5. The summed E-state index contributed by atoms with van der Waals surface area (Å²) in [5, 5.41) is 2.67. The highest BCUT2D eigenvalue weighted by molar-refractivity contribution is 7.91. The van der Waals surface area contributed by atoms with Gasteiger partial charge in [0, 0.05) is 38.0 Å². The minimum atomic E-state index is -3.60. The maximum absolute atomic E-state index is 12.5. The number of hydrogen-bond acceptors (Lipinski definition) is 6. The normalized spacial score (nSPS) is 18.1. The van der Waals surface area contributed by atoms with Gasteiger partial charge < -0.3 is 10.1 Å². The average molecular weight is 424 g/mol. The number of hydrogen-bond donors (Lipinski definition) is 2. The van der Waals surface area contributed by atoms with Gasteiger partial charge >= 0.3 is 0 Å². The summed E-state index contributed by atoms with van der Waals surface area (Å²) in [5.74, 6) is -0.148. The van der Waals surface area contributed by atoms with E-state index in [-0.39, 0.29) is 22.8 Å². The van der Waals surface area contributed by atoms with Crippen LogP contribution in [0.2, 0.25) is 0 Å². The first-order chi connectivity index (χ1) is 13.4. The summed E-state index contributed by atoms with van der Waals surface area (Å²) < 4.78 is 33.7. The summed E-state index contributed by atoms with van der Waals surface area (Å²) in [6, 6.07) is 13.5. The molecule has 1 atom stereocenters. The molecule has 1 saturated heterocycles. The lowest BCUT2D eigenvalue weighted by Crippen LogP contribution is -2.47. The lowest BCUT2D eigenvalue weighted by atomic mass is 10.2. The highest BCUT2D eigenvalue weighted by Crippen LogP contribution is 2.21.